The fourth-order valence-corrected chi connectivity index (χ4v) is 6.63. The zero-order valence-corrected chi connectivity index (χ0v) is 23.8. The van der Waals surface area contributed by atoms with Gasteiger partial charge in [-0.05, 0) is 82.3 Å². The van der Waals surface area contributed by atoms with Crippen molar-refractivity contribution in [1.29, 1.82) is 0 Å². The van der Waals surface area contributed by atoms with Crippen LogP contribution >= 0.6 is 0 Å². The SMILES string of the molecule is NOCCCCCC(=O)OCCCCN1C(=O)c2ccc3c4ccc5c6c(ccc(c7ccc(c2c37)C1=O)c64)C(=O)OC5=O. The van der Waals surface area contributed by atoms with Crippen molar-refractivity contribution in [1.82, 2.24) is 4.90 Å². The average Bonchev–Trinajstić information content (AvgIpc) is 3.02. The fourth-order valence-electron chi connectivity index (χ4n) is 6.63. The lowest BCUT2D eigenvalue weighted by molar-refractivity contribution is -0.143. The van der Waals surface area contributed by atoms with Crippen LogP contribution in [0.3, 0.4) is 0 Å². The molecular formula is C34H28N2O8. The summed E-state index contributed by atoms with van der Waals surface area (Å²) in [6, 6.07) is 14.2. The van der Waals surface area contributed by atoms with Crippen LogP contribution in [0.2, 0.25) is 0 Å². The molecule has 0 saturated heterocycles. The summed E-state index contributed by atoms with van der Waals surface area (Å²) < 4.78 is 10.2. The third-order valence-corrected chi connectivity index (χ3v) is 8.66. The summed E-state index contributed by atoms with van der Waals surface area (Å²) in [5.41, 5.74) is 1.55. The third-order valence-electron chi connectivity index (χ3n) is 8.66. The number of unbranched alkanes of at least 4 members (excludes halogenated alkanes) is 3. The van der Waals surface area contributed by atoms with Crippen molar-refractivity contribution >= 4 is 72.8 Å². The molecular weight excluding hydrogens is 564 g/mol. The van der Waals surface area contributed by atoms with Crippen LogP contribution in [0.1, 0.15) is 80.0 Å². The smallest absolute Gasteiger partial charge is 0.346 e. The maximum atomic E-state index is 13.7. The van der Waals surface area contributed by atoms with E-state index < -0.39 is 11.9 Å². The number of nitrogens with zero attached hydrogens (tertiary/aromatic N) is 1. The third kappa shape index (κ3) is 4.29. The molecule has 2 N–H and O–H groups in total. The molecule has 0 spiro atoms. The topological polar surface area (TPSA) is 142 Å². The molecule has 2 heterocycles. The van der Waals surface area contributed by atoms with E-state index in [1.54, 1.807) is 24.3 Å². The van der Waals surface area contributed by atoms with E-state index in [0.717, 1.165) is 45.2 Å². The van der Waals surface area contributed by atoms with E-state index in [9.17, 15) is 24.0 Å². The summed E-state index contributed by atoms with van der Waals surface area (Å²) in [7, 11) is 0. The fraction of sp³-hybridized carbons (Fsp3) is 0.265. The second-order valence-corrected chi connectivity index (χ2v) is 11.2. The number of nitrogens with two attached hydrogens (primary N) is 1. The largest absolute Gasteiger partial charge is 0.466 e. The molecule has 0 unspecified atom stereocenters. The van der Waals surface area contributed by atoms with Gasteiger partial charge in [0.2, 0.25) is 0 Å². The number of ether oxygens (including phenoxy) is 2. The van der Waals surface area contributed by atoms with Crippen molar-refractivity contribution in [2.24, 2.45) is 5.90 Å². The number of fused-ring (bicyclic) bond motifs is 2. The zero-order chi connectivity index (χ0) is 30.5. The van der Waals surface area contributed by atoms with Gasteiger partial charge in [-0.25, -0.2) is 15.5 Å². The summed E-state index contributed by atoms with van der Waals surface area (Å²) in [4.78, 5) is 70.2. The van der Waals surface area contributed by atoms with Gasteiger partial charge in [-0.15, -0.1) is 0 Å². The van der Waals surface area contributed by atoms with Crippen molar-refractivity contribution in [3.05, 3.63) is 70.8 Å². The molecule has 0 atom stereocenters. The van der Waals surface area contributed by atoms with E-state index in [-0.39, 0.29) is 30.9 Å². The number of rotatable bonds is 11. The number of esters is 3. The van der Waals surface area contributed by atoms with Crippen molar-refractivity contribution in [2.75, 3.05) is 19.8 Å². The lowest BCUT2D eigenvalue weighted by Crippen LogP contribution is -2.41. The second kappa shape index (κ2) is 11.0. The highest BCUT2D eigenvalue weighted by molar-refractivity contribution is 6.40. The van der Waals surface area contributed by atoms with E-state index in [2.05, 4.69) is 4.84 Å². The highest BCUT2D eigenvalue weighted by atomic mass is 16.6. The molecule has 7 rings (SSSR count). The first-order valence-electron chi connectivity index (χ1n) is 14.7. The number of carbonyl (C=O) groups is 5. The highest BCUT2D eigenvalue weighted by Gasteiger charge is 2.35. The van der Waals surface area contributed by atoms with Crippen LogP contribution in [0, 0.1) is 0 Å². The number of imide groups is 1. The van der Waals surface area contributed by atoms with Gasteiger partial charge in [0.1, 0.15) is 0 Å². The summed E-state index contributed by atoms with van der Waals surface area (Å²) in [6.45, 7) is 0.882. The Morgan fingerprint density at radius 3 is 1.66 bits per heavy atom. The average molecular weight is 593 g/mol. The number of amides is 2. The van der Waals surface area contributed by atoms with Gasteiger partial charge in [0, 0.05) is 34.9 Å². The molecule has 10 heteroatoms. The first-order valence-corrected chi connectivity index (χ1v) is 14.7. The lowest BCUT2D eigenvalue weighted by Gasteiger charge is -2.28. The molecule has 5 aromatic carbocycles. The Morgan fingerprint density at radius 1 is 0.614 bits per heavy atom. The Hall–Kier alpha value is -4.93. The molecule has 0 fully saturated rings. The van der Waals surface area contributed by atoms with E-state index >= 15 is 0 Å². The van der Waals surface area contributed by atoms with Crippen LogP contribution in [0.25, 0.3) is 43.1 Å². The molecule has 10 nitrogen and oxygen atoms in total. The summed E-state index contributed by atoms with van der Waals surface area (Å²) in [5.74, 6) is 2.63. The van der Waals surface area contributed by atoms with E-state index in [1.165, 1.54) is 4.90 Å². The minimum atomic E-state index is -0.679. The van der Waals surface area contributed by atoms with Gasteiger partial charge in [0.15, 0.2) is 0 Å². The molecule has 0 aliphatic carbocycles. The summed E-state index contributed by atoms with van der Waals surface area (Å²) >= 11 is 0. The van der Waals surface area contributed by atoms with E-state index in [4.69, 9.17) is 15.4 Å². The molecule has 0 aromatic heterocycles. The Bertz CT molecular complexity index is 1930. The Balaban J connectivity index is 1.16. The maximum absolute atomic E-state index is 13.7. The van der Waals surface area contributed by atoms with Crippen LogP contribution in [-0.4, -0.2) is 54.4 Å². The Labute approximate surface area is 250 Å². The molecule has 0 radical (unpaired) electrons. The molecule has 0 saturated carbocycles. The van der Waals surface area contributed by atoms with Gasteiger partial charge in [-0.1, -0.05) is 30.7 Å². The molecule has 2 aliphatic heterocycles. The van der Waals surface area contributed by atoms with Crippen molar-refractivity contribution in [3.8, 4) is 0 Å². The molecule has 2 aliphatic rings. The minimum absolute atomic E-state index is 0.205. The lowest BCUT2D eigenvalue weighted by atomic mass is 9.83. The predicted octanol–water partition coefficient (Wildman–Crippen LogP) is 5.42. The number of hydrogen-bond donors (Lipinski definition) is 1. The Kier molecular flexibility index (Phi) is 6.95. The predicted molar refractivity (Wildman–Crippen MR) is 162 cm³/mol. The van der Waals surface area contributed by atoms with Gasteiger partial charge in [-0.3, -0.25) is 19.3 Å². The second-order valence-electron chi connectivity index (χ2n) is 11.2. The van der Waals surface area contributed by atoms with Crippen molar-refractivity contribution in [2.45, 2.75) is 38.5 Å². The quantitative estimate of drug-likeness (QED) is 0.0405. The molecule has 222 valence electrons. The Morgan fingerprint density at radius 2 is 1.11 bits per heavy atom. The van der Waals surface area contributed by atoms with Gasteiger partial charge in [0.25, 0.3) is 11.8 Å². The number of cyclic esters (lactones) is 2. The number of hydrogen-bond acceptors (Lipinski definition) is 9. The highest BCUT2D eigenvalue weighted by Crippen LogP contribution is 2.45. The van der Waals surface area contributed by atoms with Gasteiger partial charge in [0.05, 0.1) is 24.3 Å². The van der Waals surface area contributed by atoms with Crippen molar-refractivity contribution in [3.63, 3.8) is 0 Å². The standard InChI is InChI=1S/C34H28N2O8/c35-43-17-4-1-2-6-26(37)42-16-5-3-15-36-31(38)22-11-7-18-20-9-13-24-30-25(34(41)44-33(24)40)14-10-21(28(20)30)19-8-12-23(32(36)39)29(22)27(18)19/h7-14H,1-6,15-17,35H2. The molecule has 2 amide bonds. The molecule has 0 bridgehead atoms. The molecule has 5 aromatic rings. The van der Waals surface area contributed by atoms with Crippen LogP contribution < -0.4 is 5.90 Å². The zero-order valence-electron chi connectivity index (χ0n) is 23.8. The number of carbonyl (C=O) groups excluding carboxylic acids is 5. The van der Waals surface area contributed by atoms with Gasteiger partial charge in [-0.2, -0.15) is 0 Å². The van der Waals surface area contributed by atoms with E-state index in [0.29, 0.717) is 65.3 Å². The van der Waals surface area contributed by atoms with Crippen molar-refractivity contribution < 1.29 is 38.3 Å². The summed E-state index contributed by atoms with van der Waals surface area (Å²) in [6.07, 6.45) is 3.64. The van der Waals surface area contributed by atoms with Crippen LogP contribution in [0.5, 0.6) is 0 Å². The maximum Gasteiger partial charge on any atom is 0.346 e. The monoisotopic (exact) mass is 592 g/mol. The summed E-state index contributed by atoms with van der Waals surface area (Å²) in [5, 5.41) is 6.02. The molecule has 44 heavy (non-hydrogen) atoms. The first-order chi connectivity index (χ1) is 21.4. The van der Waals surface area contributed by atoms with Crippen LogP contribution in [0.4, 0.5) is 0 Å². The first kappa shape index (κ1) is 27.9. The van der Waals surface area contributed by atoms with Gasteiger partial charge < -0.3 is 14.3 Å². The van der Waals surface area contributed by atoms with Gasteiger partial charge >= 0.3 is 17.9 Å². The van der Waals surface area contributed by atoms with E-state index in [1.807, 2.05) is 24.3 Å². The van der Waals surface area contributed by atoms with Crippen LogP contribution in [0.15, 0.2) is 48.5 Å². The van der Waals surface area contributed by atoms with Crippen LogP contribution in [-0.2, 0) is 19.1 Å². The minimum Gasteiger partial charge on any atom is -0.466 e. The normalized spacial score (nSPS) is 14.4. The number of benzene rings is 5.